The molecule has 0 heterocycles. The van der Waals surface area contributed by atoms with Crippen molar-refractivity contribution in [2.24, 2.45) is 0 Å². The summed E-state index contributed by atoms with van der Waals surface area (Å²) in [4.78, 5) is 22.0. The first kappa shape index (κ1) is 25.1. The predicted molar refractivity (Wildman–Crippen MR) is 114 cm³/mol. The van der Waals surface area contributed by atoms with Gasteiger partial charge in [-0.1, -0.05) is 84.0 Å². The zero-order valence-corrected chi connectivity index (χ0v) is 18.0. The third-order valence-electron chi connectivity index (χ3n) is 5.26. The molecule has 0 atom stereocenters. The number of rotatable bonds is 16. The van der Waals surface area contributed by atoms with Crippen LogP contribution >= 0.6 is 0 Å². The molecule has 0 N–H and O–H groups in total. The fraction of sp³-hybridized carbons (Fsp3) is 0.696. The molecular formula is C23H36FNO4. The third kappa shape index (κ3) is 9.86. The number of esters is 1. The van der Waals surface area contributed by atoms with Crippen LogP contribution in [0.15, 0.2) is 12.1 Å². The van der Waals surface area contributed by atoms with Crippen LogP contribution in [0, 0.1) is 22.9 Å². The molecular weight excluding hydrogens is 373 g/mol. The van der Waals surface area contributed by atoms with Crippen molar-refractivity contribution in [3.05, 3.63) is 39.2 Å². The summed E-state index contributed by atoms with van der Waals surface area (Å²) < 4.78 is 19.1. The van der Waals surface area contributed by atoms with Crippen molar-refractivity contribution < 1.29 is 18.8 Å². The van der Waals surface area contributed by atoms with Gasteiger partial charge >= 0.3 is 11.7 Å². The molecule has 1 aromatic rings. The number of hydrogen-bond acceptors (Lipinski definition) is 4. The van der Waals surface area contributed by atoms with Crippen molar-refractivity contribution in [2.75, 3.05) is 6.61 Å². The van der Waals surface area contributed by atoms with Gasteiger partial charge < -0.3 is 4.74 Å². The Morgan fingerprint density at radius 1 is 0.931 bits per heavy atom. The average molecular weight is 410 g/mol. The van der Waals surface area contributed by atoms with E-state index in [0.717, 1.165) is 25.3 Å². The van der Waals surface area contributed by atoms with E-state index in [0.29, 0.717) is 0 Å². The normalized spacial score (nSPS) is 10.9. The Balaban J connectivity index is 2.07. The summed E-state index contributed by atoms with van der Waals surface area (Å²) in [5.74, 6) is -1.61. The summed E-state index contributed by atoms with van der Waals surface area (Å²) in [6, 6.07) is 2.26. The first-order valence-corrected chi connectivity index (χ1v) is 11.1. The highest BCUT2D eigenvalue weighted by Gasteiger charge is 2.22. The molecule has 0 saturated heterocycles. The molecule has 0 fully saturated rings. The summed E-state index contributed by atoms with van der Waals surface area (Å²) in [5.41, 5.74) is -0.632. The van der Waals surface area contributed by atoms with Gasteiger partial charge in [0.25, 0.3) is 0 Å². The van der Waals surface area contributed by atoms with E-state index in [-0.39, 0.29) is 17.7 Å². The molecule has 0 bridgehead atoms. The maximum Gasteiger partial charge on any atom is 0.338 e. The first-order chi connectivity index (χ1) is 14.0. The minimum Gasteiger partial charge on any atom is -0.462 e. The van der Waals surface area contributed by atoms with Gasteiger partial charge in [0, 0.05) is 11.6 Å². The second-order valence-corrected chi connectivity index (χ2v) is 7.71. The highest BCUT2D eigenvalue weighted by molar-refractivity contribution is 5.91. The summed E-state index contributed by atoms with van der Waals surface area (Å²) in [5, 5.41) is 10.7. The summed E-state index contributed by atoms with van der Waals surface area (Å²) in [7, 11) is 0. The van der Waals surface area contributed by atoms with Crippen LogP contribution in [0.5, 0.6) is 0 Å². The van der Waals surface area contributed by atoms with Crippen LogP contribution in [0.2, 0.25) is 0 Å². The second-order valence-electron chi connectivity index (χ2n) is 7.71. The Hall–Kier alpha value is -1.98. The number of ether oxygens (including phenoxy) is 1. The van der Waals surface area contributed by atoms with Crippen molar-refractivity contribution in [1.82, 2.24) is 0 Å². The molecule has 164 valence electrons. The Kier molecular flexibility index (Phi) is 12.9. The van der Waals surface area contributed by atoms with E-state index in [1.54, 1.807) is 0 Å². The van der Waals surface area contributed by atoms with Crippen LogP contribution in [0.1, 0.15) is 106 Å². The zero-order valence-electron chi connectivity index (χ0n) is 18.0. The fourth-order valence-corrected chi connectivity index (χ4v) is 3.40. The van der Waals surface area contributed by atoms with Gasteiger partial charge in [0.15, 0.2) is 0 Å². The van der Waals surface area contributed by atoms with E-state index in [1.807, 2.05) is 0 Å². The van der Waals surface area contributed by atoms with Crippen molar-refractivity contribution in [1.29, 1.82) is 0 Å². The fourth-order valence-electron chi connectivity index (χ4n) is 3.40. The number of halogens is 1. The topological polar surface area (TPSA) is 69.4 Å². The van der Waals surface area contributed by atoms with Crippen LogP contribution in [-0.2, 0) is 4.74 Å². The van der Waals surface area contributed by atoms with Crippen molar-refractivity contribution >= 4 is 11.7 Å². The van der Waals surface area contributed by atoms with Crippen molar-refractivity contribution in [2.45, 2.75) is 97.3 Å². The van der Waals surface area contributed by atoms with Crippen LogP contribution in [-0.4, -0.2) is 17.5 Å². The number of benzene rings is 1. The molecule has 0 radical (unpaired) electrons. The Morgan fingerprint density at radius 3 is 1.90 bits per heavy atom. The molecule has 0 unspecified atom stereocenters. The molecule has 0 aliphatic rings. The van der Waals surface area contributed by atoms with Gasteiger partial charge in [-0.3, -0.25) is 10.1 Å². The Morgan fingerprint density at radius 2 is 1.41 bits per heavy atom. The van der Waals surface area contributed by atoms with E-state index in [4.69, 9.17) is 4.74 Å². The lowest BCUT2D eigenvalue weighted by Gasteiger charge is -2.08. The zero-order chi connectivity index (χ0) is 21.5. The molecule has 0 aliphatic heterocycles. The van der Waals surface area contributed by atoms with Gasteiger partial charge in [-0.05, 0) is 19.4 Å². The highest BCUT2D eigenvalue weighted by atomic mass is 19.1. The lowest BCUT2D eigenvalue weighted by molar-refractivity contribution is -0.387. The lowest BCUT2D eigenvalue weighted by Crippen LogP contribution is -2.10. The van der Waals surface area contributed by atoms with E-state index in [2.05, 4.69) is 6.92 Å². The quantitative estimate of drug-likeness (QED) is 0.124. The van der Waals surface area contributed by atoms with Crippen molar-refractivity contribution in [3.63, 3.8) is 0 Å². The Bertz CT molecular complexity index is 634. The SMILES string of the molecule is CCCCCCCCCCCCCCCOC(=O)c1ccc([N+](=O)[O-])c(F)c1C. The molecule has 0 amide bonds. The van der Waals surface area contributed by atoms with Gasteiger partial charge in [-0.15, -0.1) is 0 Å². The maximum atomic E-state index is 13.9. The first-order valence-electron chi connectivity index (χ1n) is 11.1. The monoisotopic (exact) mass is 409 g/mol. The molecule has 6 heteroatoms. The average Bonchev–Trinajstić information content (AvgIpc) is 2.69. The standard InChI is InChI=1S/C23H36FNO4/c1-3-4-5-6-7-8-9-10-11-12-13-14-15-18-29-23(26)20-16-17-21(25(27)28)22(24)19(20)2/h16-17H,3-15,18H2,1-2H3. The Labute approximate surface area is 174 Å². The van der Waals surface area contributed by atoms with E-state index in [1.165, 1.54) is 77.2 Å². The predicted octanol–water partition coefficient (Wildman–Crippen LogP) is 7.29. The number of carbonyl (C=O) groups excluding carboxylic acids is 1. The van der Waals surface area contributed by atoms with Gasteiger partial charge in [0.05, 0.1) is 17.1 Å². The van der Waals surface area contributed by atoms with Crippen LogP contribution in [0.3, 0.4) is 0 Å². The smallest absolute Gasteiger partial charge is 0.338 e. The van der Waals surface area contributed by atoms with Gasteiger partial charge in [0.2, 0.25) is 5.82 Å². The number of nitro benzene ring substituents is 1. The third-order valence-corrected chi connectivity index (χ3v) is 5.26. The van der Waals surface area contributed by atoms with Crippen molar-refractivity contribution in [3.8, 4) is 0 Å². The number of nitrogens with zero attached hydrogens (tertiary/aromatic N) is 1. The molecule has 0 saturated carbocycles. The molecule has 29 heavy (non-hydrogen) atoms. The van der Waals surface area contributed by atoms with Crippen LogP contribution in [0.25, 0.3) is 0 Å². The largest absolute Gasteiger partial charge is 0.462 e. The minimum absolute atomic E-state index is 0.0443. The minimum atomic E-state index is -0.981. The van der Waals surface area contributed by atoms with E-state index < -0.39 is 22.4 Å². The van der Waals surface area contributed by atoms with E-state index >= 15 is 0 Å². The van der Waals surface area contributed by atoms with Gasteiger partial charge in [0.1, 0.15) is 0 Å². The highest BCUT2D eigenvalue weighted by Crippen LogP contribution is 2.23. The molecule has 0 aliphatic carbocycles. The molecule has 0 spiro atoms. The molecule has 1 rings (SSSR count). The summed E-state index contributed by atoms with van der Waals surface area (Å²) in [6.45, 7) is 3.88. The summed E-state index contributed by atoms with van der Waals surface area (Å²) >= 11 is 0. The maximum absolute atomic E-state index is 13.9. The molecule has 0 aromatic heterocycles. The number of hydrogen-bond donors (Lipinski definition) is 0. The number of unbranched alkanes of at least 4 members (excludes halogenated alkanes) is 12. The lowest BCUT2D eigenvalue weighted by atomic mass is 10.0. The van der Waals surface area contributed by atoms with E-state index in [9.17, 15) is 19.3 Å². The number of nitro groups is 1. The molecule has 1 aromatic carbocycles. The number of carbonyl (C=O) groups is 1. The van der Waals surface area contributed by atoms with Gasteiger partial charge in [-0.2, -0.15) is 4.39 Å². The molecule has 5 nitrogen and oxygen atoms in total. The summed E-state index contributed by atoms with van der Waals surface area (Å²) in [6.07, 6.45) is 16.1. The second kappa shape index (κ2) is 14.9. The van der Waals surface area contributed by atoms with Crippen LogP contribution < -0.4 is 0 Å². The van der Waals surface area contributed by atoms with Gasteiger partial charge in [-0.25, -0.2) is 4.79 Å². The van der Waals surface area contributed by atoms with Crippen LogP contribution in [0.4, 0.5) is 10.1 Å².